The standard InChI is InChI=1S/C13H11BrN2OS/c1-8(11-3-2-6-17-11)15-13-16-10-7-9(14)4-5-12(10)18-13/h2-8H,1H3,(H,15,16). The number of nitrogens with one attached hydrogen (secondary N) is 1. The summed E-state index contributed by atoms with van der Waals surface area (Å²) in [6.07, 6.45) is 1.68. The van der Waals surface area contributed by atoms with Gasteiger partial charge in [0.05, 0.1) is 22.5 Å². The molecule has 1 aromatic carbocycles. The van der Waals surface area contributed by atoms with E-state index in [-0.39, 0.29) is 6.04 Å². The fourth-order valence-electron chi connectivity index (χ4n) is 1.76. The number of halogens is 1. The predicted octanol–water partition coefficient (Wildman–Crippen LogP) is 4.82. The fraction of sp³-hybridized carbons (Fsp3) is 0.154. The molecule has 3 aromatic rings. The maximum Gasteiger partial charge on any atom is 0.184 e. The first-order chi connectivity index (χ1) is 8.72. The molecule has 18 heavy (non-hydrogen) atoms. The second kappa shape index (κ2) is 4.74. The molecule has 0 bridgehead atoms. The van der Waals surface area contributed by atoms with Gasteiger partial charge in [0.25, 0.3) is 0 Å². The van der Waals surface area contributed by atoms with Crippen molar-refractivity contribution in [1.82, 2.24) is 4.98 Å². The molecular weight excluding hydrogens is 312 g/mol. The van der Waals surface area contributed by atoms with Gasteiger partial charge in [0.2, 0.25) is 0 Å². The maximum absolute atomic E-state index is 5.37. The predicted molar refractivity (Wildman–Crippen MR) is 78.1 cm³/mol. The first kappa shape index (κ1) is 11.7. The molecule has 92 valence electrons. The van der Waals surface area contributed by atoms with Gasteiger partial charge in [0, 0.05) is 4.47 Å². The average molecular weight is 323 g/mol. The Balaban J connectivity index is 1.86. The number of thiazole rings is 1. The summed E-state index contributed by atoms with van der Waals surface area (Å²) in [6.45, 7) is 2.06. The molecule has 2 aromatic heterocycles. The molecule has 0 aliphatic carbocycles. The number of hydrogen-bond donors (Lipinski definition) is 1. The van der Waals surface area contributed by atoms with Crippen molar-refractivity contribution in [1.29, 1.82) is 0 Å². The summed E-state index contributed by atoms with van der Waals surface area (Å²) in [7, 11) is 0. The molecule has 0 aliphatic heterocycles. The van der Waals surface area contributed by atoms with E-state index in [0.717, 1.165) is 20.9 Å². The van der Waals surface area contributed by atoms with Crippen molar-refractivity contribution in [2.24, 2.45) is 0 Å². The molecule has 0 amide bonds. The van der Waals surface area contributed by atoms with Gasteiger partial charge in [-0.15, -0.1) is 0 Å². The Morgan fingerprint density at radius 1 is 1.39 bits per heavy atom. The number of rotatable bonds is 3. The lowest BCUT2D eigenvalue weighted by Gasteiger charge is -2.08. The van der Waals surface area contributed by atoms with E-state index in [1.165, 1.54) is 4.70 Å². The van der Waals surface area contributed by atoms with Gasteiger partial charge >= 0.3 is 0 Å². The van der Waals surface area contributed by atoms with Crippen LogP contribution >= 0.6 is 27.3 Å². The average Bonchev–Trinajstić information content (AvgIpc) is 2.95. The molecule has 0 saturated heterocycles. The van der Waals surface area contributed by atoms with Gasteiger partial charge in [-0.1, -0.05) is 27.3 Å². The SMILES string of the molecule is CC(Nc1nc2cc(Br)ccc2s1)c1ccco1. The minimum Gasteiger partial charge on any atom is -0.467 e. The van der Waals surface area contributed by atoms with E-state index in [9.17, 15) is 0 Å². The largest absolute Gasteiger partial charge is 0.467 e. The molecule has 0 aliphatic rings. The third-order valence-electron chi connectivity index (χ3n) is 2.66. The van der Waals surface area contributed by atoms with Crippen LogP contribution in [-0.2, 0) is 0 Å². The highest BCUT2D eigenvalue weighted by Gasteiger charge is 2.11. The monoisotopic (exact) mass is 322 g/mol. The zero-order chi connectivity index (χ0) is 12.5. The summed E-state index contributed by atoms with van der Waals surface area (Å²) in [5, 5.41) is 4.26. The van der Waals surface area contributed by atoms with Crippen LogP contribution in [0.15, 0.2) is 45.5 Å². The lowest BCUT2D eigenvalue weighted by molar-refractivity contribution is 0.490. The van der Waals surface area contributed by atoms with Crippen LogP contribution in [0.4, 0.5) is 5.13 Å². The van der Waals surface area contributed by atoms with Crippen LogP contribution in [0.1, 0.15) is 18.7 Å². The topological polar surface area (TPSA) is 38.1 Å². The van der Waals surface area contributed by atoms with Crippen LogP contribution in [0.25, 0.3) is 10.2 Å². The lowest BCUT2D eigenvalue weighted by Crippen LogP contribution is -2.04. The van der Waals surface area contributed by atoms with E-state index in [2.05, 4.69) is 39.2 Å². The molecule has 1 unspecified atom stereocenters. The van der Waals surface area contributed by atoms with Crippen molar-refractivity contribution in [2.75, 3.05) is 5.32 Å². The highest BCUT2D eigenvalue weighted by molar-refractivity contribution is 9.10. The van der Waals surface area contributed by atoms with Gasteiger partial charge < -0.3 is 9.73 Å². The van der Waals surface area contributed by atoms with Gasteiger partial charge in [0.1, 0.15) is 5.76 Å². The minimum atomic E-state index is 0.115. The van der Waals surface area contributed by atoms with E-state index < -0.39 is 0 Å². The molecule has 0 radical (unpaired) electrons. The Hall–Kier alpha value is -1.33. The Labute approximate surface area is 117 Å². The van der Waals surface area contributed by atoms with Crippen molar-refractivity contribution >= 4 is 42.6 Å². The fourth-order valence-corrected chi connectivity index (χ4v) is 3.04. The Kier molecular flexibility index (Phi) is 3.09. The van der Waals surface area contributed by atoms with Crippen LogP contribution in [0.2, 0.25) is 0 Å². The summed E-state index contributed by atoms with van der Waals surface area (Å²) >= 11 is 5.10. The van der Waals surface area contributed by atoms with Gasteiger partial charge in [0.15, 0.2) is 5.13 Å². The second-order valence-corrected chi connectivity index (χ2v) is 5.96. The number of nitrogens with zero attached hydrogens (tertiary/aromatic N) is 1. The number of hydrogen-bond acceptors (Lipinski definition) is 4. The van der Waals surface area contributed by atoms with Crippen LogP contribution < -0.4 is 5.32 Å². The third kappa shape index (κ3) is 2.28. The number of fused-ring (bicyclic) bond motifs is 1. The summed E-state index contributed by atoms with van der Waals surface area (Å²) < 4.78 is 7.59. The van der Waals surface area contributed by atoms with Crippen molar-refractivity contribution < 1.29 is 4.42 Å². The lowest BCUT2D eigenvalue weighted by atomic mass is 10.3. The summed E-state index contributed by atoms with van der Waals surface area (Å²) in [5.41, 5.74) is 1.00. The Morgan fingerprint density at radius 2 is 2.28 bits per heavy atom. The molecule has 1 atom stereocenters. The summed E-state index contributed by atoms with van der Waals surface area (Å²) in [5.74, 6) is 0.912. The van der Waals surface area contributed by atoms with E-state index in [1.54, 1.807) is 17.6 Å². The zero-order valence-electron chi connectivity index (χ0n) is 9.68. The van der Waals surface area contributed by atoms with Gasteiger partial charge in [-0.05, 0) is 37.3 Å². The van der Waals surface area contributed by atoms with E-state index in [1.807, 2.05) is 24.3 Å². The molecule has 5 heteroatoms. The molecule has 3 nitrogen and oxygen atoms in total. The normalized spacial score (nSPS) is 12.8. The molecule has 3 rings (SSSR count). The van der Waals surface area contributed by atoms with Crippen LogP contribution in [0.3, 0.4) is 0 Å². The summed E-state index contributed by atoms with van der Waals surface area (Å²) in [6, 6.07) is 10.1. The smallest absolute Gasteiger partial charge is 0.184 e. The van der Waals surface area contributed by atoms with E-state index in [4.69, 9.17) is 4.42 Å². The quantitative estimate of drug-likeness (QED) is 0.750. The van der Waals surface area contributed by atoms with Gasteiger partial charge in [-0.3, -0.25) is 0 Å². The molecule has 1 N–H and O–H groups in total. The van der Waals surface area contributed by atoms with Crippen molar-refractivity contribution in [2.45, 2.75) is 13.0 Å². The first-order valence-corrected chi connectivity index (χ1v) is 7.19. The maximum atomic E-state index is 5.37. The summed E-state index contributed by atoms with van der Waals surface area (Å²) in [4.78, 5) is 4.56. The first-order valence-electron chi connectivity index (χ1n) is 5.58. The highest BCUT2D eigenvalue weighted by Crippen LogP contribution is 2.30. The number of furan rings is 1. The molecule has 0 fully saturated rings. The number of aromatic nitrogens is 1. The molecular formula is C13H11BrN2OS. The van der Waals surface area contributed by atoms with Crippen LogP contribution in [0.5, 0.6) is 0 Å². The van der Waals surface area contributed by atoms with Gasteiger partial charge in [-0.25, -0.2) is 4.98 Å². The van der Waals surface area contributed by atoms with Crippen molar-refractivity contribution in [3.8, 4) is 0 Å². The van der Waals surface area contributed by atoms with Gasteiger partial charge in [-0.2, -0.15) is 0 Å². The molecule has 2 heterocycles. The van der Waals surface area contributed by atoms with E-state index >= 15 is 0 Å². The second-order valence-electron chi connectivity index (χ2n) is 4.01. The van der Waals surface area contributed by atoms with Crippen LogP contribution in [-0.4, -0.2) is 4.98 Å². The Morgan fingerprint density at radius 3 is 3.06 bits per heavy atom. The number of anilines is 1. The minimum absolute atomic E-state index is 0.115. The zero-order valence-corrected chi connectivity index (χ0v) is 12.1. The molecule has 0 spiro atoms. The van der Waals surface area contributed by atoms with Crippen molar-refractivity contribution in [3.63, 3.8) is 0 Å². The van der Waals surface area contributed by atoms with Crippen LogP contribution in [0, 0.1) is 0 Å². The molecule has 0 saturated carbocycles. The third-order valence-corrected chi connectivity index (χ3v) is 4.12. The highest BCUT2D eigenvalue weighted by atomic mass is 79.9. The number of benzene rings is 1. The van der Waals surface area contributed by atoms with Crippen molar-refractivity contribution in [3.05, 3.63) is 46.8 Å². The van der Waals surface area contributed by atoms with E-state index in [0.29, 0.717) is 0 Å². The Bertz CT molecular complexity index is 663.